The van der Waals surface area contributed by atoms with Crippen LogP contribution in [-0.2, 0) is 4.57 Å². The van der Waals surface area contributed by atoms with Gasteiger partial charge in [0.2, 0.25) is 0 Å². The number of hydrogen-bond donors (Lipinski definition) is 0. The van der Waals surface area contributed by atoms with Gasteiger partial charge in [-0.15, -0.1) is 0 Å². The third-order valence-electron chi connectivity index (χ3n) is 4.45. The first-order valence-corrected chi connectivity index (χ1v) is 10.1. The largest absolute Gasteiger partial charge is 0.494 e. The summed E-state index contributed by atoms with van der Waals surface area (Å²) in [4.78, 5) is 4.78. The molecule has 0 amide bonds. The van der Waals surface area contributed by atoms with E-state index in [1.165, 1.54) is 0 Å². The molecular formula is C22H18NO2P. The molecule has 0 bridgehead atoms. The first-order chi connectivity index (χ1) is 12.7. The Morgan fingerprint density at radius 2 is 1.35 bits per heavy atom. The molecule has 0 aliphatic carbocycles. The van der Waals surface area contributed by atoms with Crippen molar-refractivity contribution < 1.29 is 9.30 Å². The summed E-state index contributed by atoms with van der Waals surface area (Å²) < 4.78 is 19.8. The quantitative estimate of drug-likeness (QED) is 0.519. The Balaban J connectivity index is 2.02. The SMILES string of the molecule is COc1cccc2ccc(P(=O)(c3ccccc3)c3ccccc3)nc12. The lowest BCUT2D eigenvalue weighted by molar-refractivity contribution is 0.419. The second-order valence-electron chi connectivity index (χ2n) is 5.98. The summed E-state index contributed by atoms with van der Waals surface area (Å²) in [5.74, 6) is 0.678. The van der Waals surface area contributed by atoms with Crippen LogP contribution in [0.3, 0.4) is 0 Å². The number of pyridine rings is 1. The zero-order chi connectivity index (χ0) is 18.0. The maximum atomic E-state index is 14.4. The van der Waals surface area contributed by atoms with Gasteiger partial charge in [0.05, 0.1) is 7.11 Å². The molecule has 0 saturated heterocycles. The van der Waals surface area contributed by atoms with Crippen molar-refractivity contribution in [3.8, 4) is 5.75 Å². The maximum Gasteiger partial charge on any atom is 0.188 e. The summed E-state index contributed by atoms with van der Waals surface area (Å²) in [5, 5.41) is 2.50. The summed E-state index contributed by atoms with van der Waals surface area (Å²) >= 11 is 0. The summed E-state index contributed by atoms with van der Waals surface area (Å²) in [6.07, 6.45) is 0. The molecule has 1 aromatic heterocycles. The van der Waals surface area contributed by atoms with Crippen molar-refractivity contribution in [1.82, 2.24) is 4.98 Å². The molecule has 0 aliphatic heterocycles. The highest BCUT2D eigenvalue weighted by atomic mass is 31.2. The summed E-state index contributed by atoms with van der Waals surface area (Å²) in [5.41, 5.74) is 1.28. The Labute approximate surface area is 152 Å². The molecule has 0 atom stereocenters. The van der Waals surface area contributed by atoms with Crippen LogP contribution in [0.4, 0.5) is 0 Å². The van der Waals surface area contributed by atoms with Gasteiger partial charge in [-0.05, 0) is 12.1 Å². The van der Waals surface area contributed by atoms with Gasteiger partial charge in [0.25, 0.3) is 0 Å². The van der Waals surface area contributed by atoms with Crippen molar-refractivity contribution in [2.24, 2.45) is 0 Å². The van der Waals surface area contributed by atoms with Crippen LogP contribution in [0.5, 0.6) is 5.75 Å². The second kappa shape index (κ2) is 6.78. The number of fused-ring (bicyclic) bond motifs is 1. The average Bonchev–Trinajstić information content (AvgIpc) is 2.73. The highest BCUT2D eigenvalue weighted by Gasteiger charge is 2.31. The van der Waals surface area contributed by atoms with Crippen LogP contribution < -0.4 is 20.8 Å². The van der Waals surface area contributed by atoms with E-state index < -0.39 is 7.14 Å². The number of methoxy groups -OCH3 is 1. The van der Waals surface area contributed by atoms with Crippen molar-refractivity contribution in [1.29, 1.82) is 0 Å². The van der Waals surface area contributed by atoms with Gasteiger partial charge >= 0.3 is 0 Å². The smallest absolute Gasteiger partial charge is 0.188 e. The fourth-order valence-corrected chi connectivity index (χ4v) is 5.68. The topological polar surface area (TPSA) is 39.2 Å². The van der Waals surface area contributed by atoms with E-state index in [-0.39, 0.29) is 0 Å². The Bertz CT molecular complexity index is 1050. The molecule has 3 aromatic carbocycles. The normalized spacial score (nSPS) is 11.4. The molecule has 0 saturated carbocycles. The van der Waals surface area contributed by atoms with Gasteiger partial charge in [0.1, 0.15) is 16.7 Å². The molecule has 4 heteroatoms. The van der Waals surface area contributed by atoms with Crippen LogP contribution in [0.2, 0.25) is 0 Å². The number of benzene rings is 3. The second-order valence-corrected chi connectivity index (χ2v) is 8.69. The zero-order valence-electron chi connectivity index (χ0n) is 14.4. The fraction of sp³-hybridized carbons (Fsp3) is 0.0455. The highest BCUT2D eigenvalue weighted by Crippen LogP contribution is 2.42. The molecule has 4 rings (SSSR count). The lowest BCUT2D eigenvalue weighted by Gasteiger charge is -2.19. The van der Waals surface area contributed by atoms with E-state index in [1.807, 2.05) is 91.0 Å². The van der Waals surface area contributed by atoms with Gasteiger partial charge in [-0.1, -0.05) is 78.9 Å². The summed E-state index contributed by atoms with van der Waals surface area (Å²) in [7, 11) is -1.46. The number of aromatic nitrogens is 1. The van der Waals surface area contributed by atoms with Crippen molar-refractivity contribution in [2.45, 2.75) is 0 Å². The minimum atomic E-state index is -3.08. The standard InChI is InChI=1S/C22H18NO2P/c1-25-20-14-8-9-17-15-16-21(23-22(17)20)26(24,18-10-4-2-5-11-18)19-12-6-3-7-13-19/h2-16H,1H3. The molecule has 0 spiro atoms. The lowest BCUT2D eigenvalue weighted by Crippen LogP contribution is -2.27. The van der Waals surface area contributed by atoms with Crippen LogP contribution >= 0.6 is 7.14 Å². The number of ether oxygens (including phenoxy) is 1. The first-order valence-electron chi connectivity index (χ1n) is 8.39. The molecule has 4 aromatic rings. The lowest BCUT2D eigenvalue weighted by atomic mass is 10.2. The minimum absolute atomic E-state index is 0.562. The number of rotatable bonds is 4. The molecule has 0 radical (unpaired) electrons. The van der Waals surface area contributed by atoms with Gasteiger partial charge < -0.3 is 9.30 Å². The molecule has 1 heterocycles. The summed E-state index contributed by atoms with van der Waals surface area (Å²) in [6.45, 7) is 0. The third-order valence-corrected chi connectivity index (χ3v) is 7.40. The molecule has 128 valence electrons. The van der Waals surface area contributed by atoms with E-state index in [2.05, 4.69) is 0 Å². The Kier molecular flexibility index (Phi) is 4.32. The first kappa shape index (κ1) is 16.6. The van der Waals surface area contributed by atoms with E-state index in [0.717, 1.165) is 21.5 Å². The Hall–Kier alpha value is -2.90. The van der Waals surface area contributed by atoms with Crippen molar-refractivity contribution in [3.63, 3.8) is 0 Å². The molecule has 0 fully saturated rings. The van der Waals surface area contributed by atoms with Crippen molar-refractivity contribution >= 4 is 34.1 Å². The number of para-hydroxylation sites is 1. The predicted molar refractivity (Wildman–Crippen MR) is 108 cm³/mol. The van der Waals surface area contributed by atoms with E-state index in [1.54, 1.807) is 7.11 Å². The number of nitrogens with zero attached hydrogens (tertiary/aromatic N) is 1. The van der Waals surface area contributed by atoms with E-state index in [9.17, 15) is 4.57 Å². The van der Waals surface area contributed by atoms with E-state index >= 15 is 0 Å². The fourth-order valence-electron chi connectivity index (χ4n) is 3.14. The van der Waals surface area contributed by atoms with Gasteiger partial charge in [0.15, 0.2) is 7.14 Å². The van der Waals surface area contributed by atoms with Crippen LogP contribution in [0.1, 0.15) is 0 Å². The molecule has 0 unspecified atom stereocenters. The van der Waals surface area contributed by atoms with Gasteiger partial charge in [-0.2, -0.15) is 0 Å². The van der Waals surface area contributed by atoms with Crippen molar-refractivity contribution in [2.75, 3.05) is 7.11 Å². The van der Waals surface area contributed by atoms with Gasteiger partial charge in [-0.25, -0.2) is 4.98 Å². The average molecular weight is 359 g/mol. The highest BCUT2D eigenvalue weighted by molar-refractivity contribution is 7.85. The van der Waals surface area contributed by atoms with Crippen LogP contribution in [0, 0.1) is 0 Å². The molecule has 0 aliphatic rings. The van der Waals surface area contributed by atoms with Gasteiger partial charge in [0, 0.05) is 16.0 Å². The van der Waals surface area contributed by atoms with Crippen LogP contribution in [0.25, 0.3) is 10.9 Å². The zero-order valence-corrected chi connectivity index (χ0v) is 15.3. The third kappa shape index (κ3) is 2.71. The molecule has 26 heavy (non-hydrogen) atoms. The maximum absolute atomic E-state index is 14.4. The molecular weight excluding hydrogens is 341 g/mol. The summed E-state index contributed by atoms with van der Waals surface area (Å²) in [6, 6.07) is 28.7. The Morgan fingerprint density at radius 1 is 0.731 bits per heavy atom. The van der Waals surface area contributed by atoms with Gasteiger partial charge in [-0.3, -0.25) is 0 Å². The van der Waals surface area contributed by atoms with Crippen molar-refractivity contribution in [3.05, 3.63) is 91.0 Å². The Morgan fingerprint density at radius 3 is 1.92 bits per heavy atom. The van der Waals surface area contributed by atoms with E-state index in [4.69, 9.17) is 9.72 Å². The van der Waals surface area contributed by atoms with E-state index in [0.29, 0.717) is 11.2 Å². The van der Waals surface area contributed by atoms with Crippen LogP contribution in [0.15, 0.2) is 91.0 Å². The monoisotopic (exact) mass is 359 g/mol. The predicted octanol–water partition coefficient (Wildman–Crippen LogP) is 3.88. The molecule has 0 N–H and O–H groups in total. The number of hydrogen-bond acceptors (Lipinski definition) is 3. The molecule has 3 nitrogen and oxygen atoms in total. The van der Waals surface area contributed by atoms with Crippen LogP contribution in [-0.4, -0.2) is 12.1 Å². The minimum Gasteiger partial charge on any atom is -0.494 e.